The van der Waals surface area contributed by atoms with Crippen LogP contribution in [0.2, 0.25) is 0 Å². The van der Waals surface area contributed by atoms with E-state index in [1.807, 2.05) is 37.4 Å². The third kappa shape index (κ3) is 4.58. The van der Waals surface area contributed by atoms with Gasteiger partial charge in [-0.05, 0) is 73.8 Å². The van der Waals surface area contributed by atoms with Crippen LogP contribution in [0.5, 0.6) is 17.2 Å². The number of carbonyl (C=O) groups excluding carboxylic acids is 1. The highest BCUT2D eigenvalue weighted by Crippen LogP contribution is 2.44. The summed E-state index contributed by atoms with van der Waals surface area (Å²) in [6, 6.07) is 11.5. The summed E-state index contributed by atoms with van der Waals surface area (Å²) >= 11 is 3.48. The number of halogens is 1. The highest BCUT2D eigenvalue weighted by molar-refractivity contribution is 9.10. The van der Waals surface area contributed by atoms with Crippen LogP contribution in [0, 0.1) is 6.92 Å². The third-order valence-electron chi connectivity index (χ3n) is 6.74. The summed E-state index contributed by atoms with van der Waals surface area (Å²) in [7, 11) is 1.59. The van der Waals surface area contributed by atoms with Gasteiger partial charge in [-0.25, -0.2) is 0 Å². The van der Waals surface area contributed by atoms with Gasteiger partial charge in [0.25, 0.3) is 0 Å². The smallest absolute Gasteiger partial charge is 0.232 e. The van der Waals surface area contributed by atoms with Gasteiger partial charge in [0.1, 0.15) is 17.2 Å². The minimum Gasteiger partial charge on any atom is -0.507 e. The number of Topliss-reactive ketones (excluding diaryl/α,β-unsaturated/α-hetero) is 1. The number of allylic oxidation sites excluding steroid dienone is 1. The van der Waals surface area contributed by atoms with Crippen molar-refractivity contribution in [3.8, 4) is 17.2 Å². The fraction of sp³-hybridized carbons (Fsp3) is 0.286. The van der Waals surface area contributed by atoms with Gasteiger partial charge in [0.2, 0.25) is 5.78 Å². The van der Waals surface area contributed by atoms with Crippen LogP contribution < -0.4 is 9.47 Å². The van der Waals surface area contributed by atoms with Gasteiger partial charge in [0.05, 0.1) is 18.2 Å². The van der Waals surface area contributed by atoms with Crippen molar-refractivity contribution in [2.24, 2.45) is 0 Å². The number of aryl methyl sites for hydroxylation is 1. The molecule has 180 valence electrons. The number of ether oxygens (including phenoxy) is 2. The predicted molar refractivity (Wildman–Crippen MR) is 138 cm³/mol. The second-order valence-electron chi connectivity index (χ2n) is 8.99. The van der Waals surface area contributed by atoms with Crippen LogP contribution in [0.3, 0.4) is 0 Å². The van der Waals surface area contributed by atoms with Crippen LogP contribution in [0.25, 0.3) is 6.08 Å². The summed E-state index contributed by atoms with van der Waals surface area (Å²) < 4.78 is 12.5. The molecule has 0 spiro atoms. The fourth-order valence-corrected chi connectivity index (χ4v) is 5.40. The Hall–Kier alpha value is -3.16. The van der Waals surface area contributed by atoms with Crippen LogP contribution in [0.4, 0.5) is 0 Å². The molecular weight excluding hydrogens is 508 g/mol. The van der Waals surface area contributed by atoms with E-state index in [4.69, 9.17) is 9.47 Å². The first kappa shape index (κ1) is 23.6. The number of ketones is 1. The Bertz CT molecular complexity index is 1310. The van der Waals surface area contributed by atoms with Crippen molar-refractivity contribution >= 4 is 27.8 Å². The van der Waals surface area contributed by atoms with E-state index in [-0.39, 0.29) is 23.3 Å². The number of likely N-dealkylation sites (tertiary alicyclic amines) is 1. The second-order valence-corrected chi connectivity index (χ2v) is 9.91. The van der Waals surface area contributed by atoms with E-state index in [0.717, 1.165) is 41.4 Å². The van der Waals surface area contributed by atoms with E-state index >= 15 is 0 Å². The van der Waals surface area contributed by atoms with Gasteiger partial charge >= 0.3 is 0 Å². The number of fused-ring (bicyclic) bond motifs is 1. The first-order valence-electron chi connectivity index (χ1n) is 11.7. The minimum atomic E-state index is -0.191. The molecule has 7 heteroatoms. The summed E-state index contributed by atoms with van der Waals surface area (Å²) in [5, 5.41) is 10.9. The molecule has 1 fully saturated rings. The van der Waals surface area contributed by atoms with Crippen molar-refractivity contribution in [2.75, 3.05) is 13.7 Å². The molecule has 2 aliphatic rings. The van der Waals surface area contributed by atoms with Crippen molar-refractivity contribution < 1.29 is 19.4 Å². The summed E-state index contributed by atoms with van der Waals surface area (Å²) in [4.78, 5) is 20.0. The average molecular weight is 535 g/mol. The molecule has 1 atom stereocenters. The molecule has 35 heavy (non-hydrogen) atoms. The summed E-state index contributed by atoms with van der Waals surface area (Å²) in [5.74, 6) is 1.26. The van der Waals surface area contributed by atoms with E-state index in [9.17, 15) is 9.90 Å². The Kier molecular flexibility index (Phi) is 6.62. The van der Waals surface area contributed by atoms with Crippen molar-refractivity contribution in [1.29, 1.82) is 0 Å². The number of piperidine rings is 1. The van der Waals surface area contributed by atoms with Crippen LogP contribution in [-0.2, 0) is 6.54 Å². The number of rotatable bonds is 5. The minimum absolute atomic E-state index is 0.144. The normalized spacial score (nSPS) is 19.0. The Morgan fingerprint density at radius 2 is 2.14 bits per heavy atom. The SMILES string of the molecule is COc1ccc(Br)cc1/C=C1\Oc2c(CN3CCCC[C@H]3c3cccnc3)c(O)cc(C)c2C1=O. The Morgan fingerprint density at radius 3 is 2.91 bits per heavy atom. The maximum atomic E-state index is 13.4. The molecule has 1 saturated heterocycles. The van der Waals surface area contributed by atoms with E-state index in [2.05, 4.69) is 31.9 Å². The van der Waals surface area contributed by atoms with E-state index < -0.39 is 0 Å². The summed E-state index contributed by atoms with van der Waals surface area (Å²) in [6.45, 7) is 3.20. The lowest BCUT2D eigenvalue weighted by Gasteiger charge is -2.36. The molecule has 0 bridgehead atoms. The van der Waals surface area contributed by atoms with Gasteiger partial charge < -0.3 is 14.6 Å². The molecule has 0 amide bonds. The maximum absolute atomic E-state index is 13.4. The van der Waals surface area contributed by atoms with Crippen LogP contribution in [0.15, 0.2) is 59.0 Å². The third-order valence-corrected chi connectivity index (χ3v) is 7.24. The Labute approximate surface area is 213 Å². The first-order valence-corrected chi connectivity index (χ1v) is 12.5. The number of phenolic OH excluding ortho intramolecular Hbond substituents is 1. The number of benzene rings is 2. The first-order chi connectivity index (χ1) is 17.0. The number of carbonyl (C=O) groups is 1. The van der Waals surface area contributed by atoms with Crippen molar-refractivity contribution in [3.05, 3.63) is 86.8 Å². The number of hydrogen-bond donors (Lipinski definition) is 1. The zero-order valence-corrected chi connectivity index (χ0v) is 21.3. The second kappa shape index (κ2) is 9.84. The molecule has 1 N–H and O–H groups in total. The van der Waals surface area contributed by atoms with Gasteiger partial charge in [-0.1, -0.05) is 28.4 Å². The molecule has 1 aromatic heterocycles. The number of phenols is 1. The van der Waals surface area contributed by atoms with Gasteiger partial charge in [-0.2, -0.15) is 0 Å². The number of methoxy groups -OCH3 is 1. The molecule has 2 aromatic carbocycles. The van der Waals surface area contributed by atoms with E-state index in [1.54, 1.807) is 25.4 Å². The van der Waals surface area contributed by atoms with Gasteiger partial charge in [-0.3, -0.25) is 14.7 Å². The average Bonchev–Trinajstić information content (AvgIpc) is 3.19. The molecule has 5 rings (SSSR count). The lowest BCUT2D eigenvalue weighted by Crippen LogP contribution is -2.33. The molecule has 3 aromatic rings. The van der Waals surface area contributed by atoms with Gasteiger partial charge in [0.15, 0.2) is 5.76 Å². The number of pyridine rings is 1. The molecule has 0 radical (unpaired) electrons. The van der Waals surface area contributed by atoms with Crippen molar-refractivity contribution in [2.45, 2.75) is 38.8 Å². The van der Waals surface area contributed by atoms with Gasteiger partial charge in [-0.15, -0.1) is 0 Å². The van der Waals surface area contributed by atoms with E-state index in [1.165, 1.54) is 0 Å². The van der Waals surface area contributed by atoms with Crippen LogP contribution in [-0.4, -0.2) is 34.4 Å². The summed E-state index contributed by atoms with van der Waals surface area (Å²) in [6.07, 6.45) is 8.64. The zero-order valence-electron chi connectivity index (χ0n) is 19.8. The number of aromatic hydroxyl groups is 1. The topological polar surface area (TPSA) is 71.9 Å². The number of hydrogen-bond acceptors (Lipinski definition) is 6. The highest BCUT2D eigenvalue weighted by atomic mass is 79.9. The predicted octanol–water partition coefficient (Wildman–Crippen LogP) is 6.21. The number of nitrogens with zero attached hydrogens (tertiary/aromatic N) is 2. The number of aromatic nitrogens is 1. The molecule has 3 heterocycles. The molecule has 2 aliphatic heterocycles. The molecule has 0 unspecified atom stereocenters. The largest absolute Gasteiger partial charge is 0.507 e. The standard InChI is InChI=1S/C28H27BrN2O4/c1-17-12-23(32)21(16-31-11-4-3-7-22(31)18-6-5-10-30-15-18)28-26(17)27(33)25(35-28)14-19-13-20(29)8-9-24(19)34-2/h5-6,8-10,12-15,22,32H,3-4,7,11,16H2,1-2H3/b25-14-/t22-/m0/s1. The van der Waals surface area contributed by atoms with E-state index in [0.29, 0.717) is 34.7 Å². The maximum Gasteiger partial charge on any atom is 0.232 e. The highest BCUT2D eigenvalue weighted by Gasteiger charge is 2.35. The lowest BCUT2D eigenvalue weighted by molar-refractivity contribution is 0.101. The van der Waals surface area contributed by atoms with Crippen molar-refractivity contribution in [1.82, 2.24) is 9.88 Å². The Morgan fingerprint density at radius 1 is 1.29 bits per heavy atom. The molecular formula is C28H27BrN2O4. The monoisotopic (exact) mass is 534 g/mol. The summed E-state index contributed by atoms with van der Waals surface area (Å²) in [5.41, 5.74) is 3.73. The lowest BCUT2D eigenvalue weighted by atomic mass is 9.94. The van der Waals surface area contributed by atoms with Gasteiger partial charge in [0, 0.05) is 35.0 Å². The molecule has 6 nitrogen and oxygen atoms in total. The fourth-order valence-electron chi connectivity index (χ4n) is 5.03. The van der Waals surface area contributed by atoms with Crippen LogP contribution in [0.1, 0.15) is 57.9 Å². The Balaban J connectivity index is 1.52. The molecule has 0 aliphatic carbocycles. The zero-order chi connectivity index (χ0) is 24.5. The quantitative estimate of drug-likeness (QED) is 0.392. The molecule has 0 saturated carbocycles. The van der Waals surface area contributed by atoms with Crippen LogP contribution >= 0.6 is 15.9 Å². The van der Waals surface area contributed by atoms with Crippen molar-refractivity contribution in [3.63, 3.8) is 0 Å².